The Morgan fingerprint density at radius 2 is 1.79 bits per heavy atom. The number of nitrogens with one attached hydrogen (secondary N) is 2. The van der Waals surface area contributed by atoms with Gasteiger partial charge in [0.1, 0.15) is 11.6 Å². The molecule has 6 N–H and O–H groups in total. The van der Waals surface area contributed by atoms with Gasteiger partial charge >= 0.3 is 0 Å². The van der Waals surface area contributed by atoms with Crippen LogP contribution in [0.15, 0.2) is 97.1 Å². The molecule has 0 saturated heterocycles. The molecule has 6 heteroatoms. The molecule has 0 unspecified atom stereocenters. The SMILES string of the molecule is C=C/C=C(/CNC(=O)c1cccc(N/C(N)=C/C=C(\N)c2ccccc2)c1)OC.[HH].[HH]. The molecule has 0 bridgehead atoms. The molecule has 0 saturated carbocycles. The summed E-state index contributed by atoms with van der Waals surface area (Å²) in [6.45, 7) is 3.88. The summed E-state index contributed by atoms with van der Waals surface area (Å²) in [4.78, 5) is 12.4. The third-order valence-electron chi connectivity index (χ3n) is 3.95. The van der Waals surface area contributed by atoms with Crippen LogP contribution in [0.1, 0.15) is 18.8 Å². The van der Waals surface area contributed by atoms with E-state index in [9.17, 15) is 4.79 Å². The molecule has 29 heavy (non-hydrogen) atoms. The number of methoxy groups -OCH3 is 1. The van der Waals surface area contributed by atoms with Crippen molar-refractivity contribution in [3.63, 3.8) is 0 Å². The molecule has 2 aromatic carbocycles. The molecule has 2 aromatic rings. The van der Waals surface area contributed by atoms with E-state index in [1.54, 1.807) is 49.6 Å². The van der Waals surface area contributed by atoms with Crippen LogP contribution in [-0.4, -0.2) is 19.6 Å². The summed E-state index contributed by atoms with van der Waals surface area (Å²) < 4.78 is 5.15. The zero-order valence-electron chi connectivity index (χ0n) is 16.4. The lowest BCUT2D eigenvalue weighted by atomic mass is 10.1. The van der Waals surface area contributed by atoms with E-state index >= 15 is 0 Å². The quantitative estimate of drug-likeness (QED) is 0.382. The van der Waals surface area contributed by atoms with Gasteiger partial charge in [-0.3, -0.25) is 4.79 Å². The first-order valence-electron chi connectivity index (χ1n) is 9.02. The second-order valence-electron chi connectivity index (χ2n) is 6.07. The third kappa shape index (κ3) is 6.95. The van der Waals surface area contributed by atoms with Gasteiger partial charge in [-0.15, -0.1) is 0 Å². The lowest BCUT2D eigenvalue weighted by Gasteiger charge is -2.10. The molecule has 1 amide bonds. The van der Waals surface area contributed by atoms with Crippen LogP contribution in [-0.2, 0) is 4.74 Å². The van der Waals surface area contributed by atoms with Crippen molar-refractivity contribution in [1.29, 1.82) is 0 Å². The largest absolute Gasteiger partial charge is 0.499 e. The summed E-state index contributed by atoms with van der Waals surface area (Å²) in [5.41, 5.74) is 14.8. The number of hydrogen-bond acceptors (Lipinski definition) is 5. The average molecular weight is 395 g/mol. The van der Waals surface area contributed by atoms with Crippen LogP contribution in [0.5, 0.6) is 0 Å². The number of rotatable bonds is 9. The van der Waals surface area contributed by atoms with Crippen molar-refractivity contribution in [2.75, 3.05) is 19.0 Å². The summed E-state index contributed by atoms with van der Waals surface area (Å²) in [7, 11) is 1.54. The van der Waals surface area contributed by atoms with Crippen LogP contribution >= 0.6 is 0 Å². The number of ether oxygens (including phenoxy) is 1. The lowest BCUT2D eigenvalue weighted by Crippen LogP contribution is -2.26. The van der Waals surface area contributed by atoms with Crippen molar-refractivity contribution in [3.05, 3.63) is 108 Å². The Labute approximate surface area is 174 Å². The topological polar surface area (TPSA) is 102 Å². The minimum atomic E-state index is -0.226. The van der Waals surface area contributed by atoms with Gasteiger partial charge in [0.15, 0.2) is 0 Å². The van der Waals surface area contributed by atoms with E-state index in [0.29, 0.717) is 28.5 Å². The maximum atomic E-state index is 12.4. The zero-order chi connectivity index (χ0) is 21.1. The fraction of sp³-hybridized carbons (Fsp3) is 0.0870. The highest BCUT2D eigenvalue weighted by Crippen LogP contribution is 2.13. The van der Waals surface area contributed by atoms with E-state index in [2.05, 4.69) is 17.2 Å². The van der Waals surface area contributed by atoms with Crippen molar-refractivity contribution in [2.24, 2.45) is 11.5 Å². The van der Waals surface area contributed by atoms with Crippen molar-refractivity contribution >= 4 is 17.3 Å². The number of amides is 1. The van der Waals surface area contributed by atoms with Gasteiger partial charge in [-0.2, -0.15) is 0 Å². The molecular weight excluding hydrogens is 364 g/mol. The molecule has 6 nitrogen and oxygen atoms in total. The molecule has 154 valence electrons. The molecule has 0 radical (unpaired) electrons. The van der Waals surface area contributed by atoms with Gasteiger partial charge in [-0.25, -0.2) is 0 Å². The first-order valence-corrected chi connectivity index (χ1v) is 9.02. The van der Waals surface area contributed by atoms with E-state index in [0.717, 1.165) is 5.56 Å². The standard InChI is InChI=1S/C23H26N4O2.2H2/c1-3-8-20(29-2)16-26-23(28)18-11-7-12-19(15-18)27-22(25)14-13-21(24)17-9-5-4-6-10-17;;/h3-15,27H,1,16,24-25H2,2H3,(H,26,28);2*1H/b20-8-,21-13-,22-14+;;. The number of allylic oxidation sites excluding steroid dienone is 4. The van der Waals surface area contributed by atoms with Crippen LogP contribution in [0.25, 0.3) is 5.70 Å². The van der Waals surface area contributed by atoms with Crippen molar-refractivity contribution < 1.29 is 12.4 Å². The summed E-state index contributed by atoms with van der Waals surface area (Å²) >= 11 is 0. The molecule has 0 aromatic heterocycles. The highest BCUT2D eigenvalue weighted by molar-refractivity contribution is 5.95. The van der Waals surface area contributed by atoms with E-state index in [-0.39, 0.29) is 15.3 Å². The molecule has 0 aliphatic carbocycles. The number of anilines is 1. The Morgan fingerprint density at radius 1 is 1.07 bits per heavy atom. The molecule has 0 heterocycles. The van der Waals surface area contributed by atoms with Gasteiger partial charge in [-0.1, -0.05) is 49.1 Å². The molecule has 0 spiro atoms. The van der Waals surface area contributed by atoms with Crippen LogP contribution in [0.2, 0.25) is 0 Å². The fourth-order valence-electron chi connectivity index (χ4n) is 2.45. The van der Waals surface area contributed by atoms with Crippen molar-refractivity contribution in [1.82, 2.24) is 5.32 Å². The summed E-state index contributed by atoms with van der Waals surface area (Å²) in [6, 6.07) is 16.6. The van der Waals surface area contributed by atoms with Gasteiger partial charge in [0.05, 0.1) is 13.7 Å². The van der Waals surface area contributed by atoms with Gasteiger partial charge in [0, 0.05) is 19.8 Å². The van der Waals surface area contributed by atoms with Gasteiger partial charge in [0.25, 0.3) is 5.91 Å². The maximum absolute atomic E-state index is 12.4. The second kappa shape index (κ2) is 11.0. The van der Waals surface area contributed by atoms with Crippen LogP contribution < -0.4 is 22.1 Å². The van der Waals surface area contributed by atoms with E-state index < -0.39 is 0 Å². The van der Waals surface area contributed by atoms with Gasteiger partial charge < -0.3 is 26.8 Å². The number of carbonyl (C=O) groups is 1. The minimum Gasteiger partial charge on any atom is -0.499 e. The Hall–Kier alpha value is -3.93. The Morgan fingerprint density at radius 3 is 2.48 bits per heavy atom. The fourth-order valence-corrected chi connectivity index (χ4v) is 2.45. The first kappa shape index (κ1) is 21.4. The number of benzene rings is 2. The molecule has 0 aliphatic rings. The highest BCUT2D eigenvalue weighted by atomic mass is 16.5. The smallest absolute Gasteiger partial charge is 0.251 e. The van der Waals surface area contributed by atoms with Crippen LogP contribution in [0, 0.1) is 0 Å². The normalized spacial score (nSPS) is 12.2. The molecule has 0 fully saturated rings. The molecule has 0 aliphatic heterocycles. The Balaban J connectivity index is 0.00000450. The van der Waals surface area contributed by atoms with E-state index in [1.165, 1.54) is 0 Å². The monoisotopic (exact) mass is 394 g/mol. The van der Waals surface area contributed by atoms with E-state index in [4.69, 9.17) is 16.2 Å². The number of hydrogen-bond donors (Lipinski definition) is 4. The highest BCUT2D eigenvalue weighted by Gasteiger charge is 2.07. The maximum Gasteiger partial charge on any atom is 0.251 e. The second-order valence-corrected chi connectivity index (χ2v) is 6.07. The molecular formula is C23H30N4O2. The lowest BCUT2D eigenvalue weighted by molar-refractivity contribution is 0.0950. The first-order chi connectivity index (χ1) is 14.0. The number of carbonyl (C=O) groups excluding carboxylic acids is 1. The summed E-state index contributed by atoms with van der Waals surface area (Å²) in [5.74, 6) is 0.783. The van der Waals surface area contributed by atoms with Crippen LogP contribution in [0.4, 0.5) is 5.69 Å². The molecule has 0 atom stereocenters. The molecule has 2 rings (SSSR count). The zero-order valence-corrected chi connectivity index (χ0v) is 16.4. The average Bonchev–Trinajstić information content (AvgIpc) is 2.75. The predicted octanol–water partition coefficient (Wildman–Crippen LogP) is 3.84. The number of nitrogens with two attached hydrogens (primary N) is 2. The van der Waals surface area contributed by atoms with Crippen molar-refractivity contribution in [2.45, 2.75) is 0 Å². The van der Waals surface area contributed by atoms with Crippen LogP contribution in [0.3, 0.4) is 0 Å². The third-order valence-corrected chi connectivity index (χ3v) is 3.95. The van der Waals surface area contributed by atoms with Crippen molar-refractivity contribution in [3.8, 4) is 0 Å². The Kier molecular flexibility index (Phi) is 8.13. The van der Waals surface area contributed by atoms with Gasteiger partial charge in [-0.05, 0) is 42.0 Å². The summed E-state index contributed by atoms with van der Waals surface area (Å²) in [5, 5.41) is 5.84. The van der Waals surface area contributed by atoms with Gasteiger partial charge in [0.2, 0.25) is 0 Å². The summed E-state index contributed by atoms with van der Waals surface area (Å²) in [6.07, 6.45) is 6.70. The Bertz CT molecular complexity index is 942. The minimum absolute atomic E-state index is 0. The van der Waals surface area contributed by atoms with E-state index in [1.807, 2.05) is 36.4 Å². The predicted molar refractivity (Wildman–Crippen MR) is 123 cm³/mol.